The van der Waals surface area contributed by atoms with Crippen LogP contribution in [0.25, 0.3) is 0 Å². The Morgan fingerprint density at radius 2 is 1.83 bits per heavy atom. The standard InChI is InChI=1S/C19H17F3N2O5/c1-29-13-9-11(7-8-12(13)25)15-14(16(26)10-5-3-2-4-6-10)18(28,19(20,21)22)24-17(27)23-15/h2-9,14-15,25,28H,1H3,(H2,23,24,27)/t14-,15-,18-/m0/s1. The molecule has 0 saturated carbocycles. The number of aromatic hydroxyl groups is 1. The molecule has 2 aromatic carbocycles. The van der Waals surface area contributed by atoms with Crippen LogP contribution in [-0.4, -0.2) is 41.0 Å². The molecule has 29 heavy (non-hydrogen) atoms. The zero-order valence-electron chi connectivity index (χ0n) is 15.0. The Kier molecular flexibility index (Phi) is 5.14. The molecule has 1 heterocycles. The molecule has 1 saturated heterocycles. The molecule has 0 aliphatic carbocycles. The number of methoxy groups -OCH3 is 1. The number of aliphatic hydroxyl groups is 1. The minimum atomic E-state index is -5.35. The molecule has 2 aromatic rings. The molecule has 1 aliphatic heterocycles. The summed E-state index contributed by atoms with van der Waals surface area (Å²) >= 11 is 0. The molecule has 4 N–H and O–H groups in total. The van der Waals surface area contributed by atoms with E-state index in [9.17, 15) is 33.0 Å². The van der Waals surface area contributed by atoms with Gasteiger partial charge in [0.15, 0.2) is 17.3 Å². The summed E-state index contributed by atoms with van der Waals surface area (Å²) in [5, 5.41) is 23.9. The fourth-order valence-corrected chi connectivity index (χ4v) is 3.29. The van der Waals surface area contributed by atoms with E-state index in [0.29, 0.717) is 0 Å². The highest BCUT2D eigenvalue weighted by atomic mass is 19.4. The summed E-state index contributed by atoms with van der Waals surface area (Å²) in [4.78, 5) is 25.0. The minimum Gasteiger partial charge on any atom is -0.504 e. The molecular formula is C19H17F3N2O5. The van der Waals surface area contributed by atoms with Crippen molar-refractivity contribution in [3.05, 3.63) is 59.7 Å². The molecule has 1 fully saturated rings. The van der Waals surface area contributed by atoms with Crippen LogP contribution in [0, 0.1) is 5.92 Å². The van der Waals surface area contributed by atoms with E-state index >= 15 is 0 Å². The zero-order valence-corrected chi connectivity index (χ0v) is 15.0. The minimum absolute atomic E-state index is 0.0338. The number of nitrogens with one attached hydrogen (secondary N) is 2. The van der Waals surface area contributed by atoms with Crippen LogP contribution in [0.4, 0.5) is 18.0 Å². The number of alkyl halides is 3. The van der Waals surface area contributed by atoms with E-state index in [0.717, 1.165) is 6.07 Å². The molecule has 3 rings (SSSR count). The molecule has 7 nitrogen and oxygen atoms in total. The first-order valence-electron chi connectivity index (χ1n) is 8.42. The Morgan fingerprint density at radius 1 is 1.17 bits per heavy atom. The van der Waals surface area contributed by atoms with Crippen LogP contribution in [-0.2, 0) is 0 Å². The van der Waals surface area contributed by atoms with Gasteiger partial charge in [-0.25, -0.2) is 4.79 Å². The van der Waals surface area contributed by atoms with Crippen LogP contribution in [0.15, 0.2) is 48.5 Å². The number of rotatable bonds is 4. The Bertz CT molecular complexity index is 935. The second-order valence-corrected chi connectivity index (χ2v) is 6.48. The van der Waals surface area contributed by atoms with E-state index in [1.54, 1.807) is 6.07 Å². The third-order valence-corrected chi connectivity index (χ3v) is 4.71. The highest BCUT2D eigenvalue weighted by Crippen LogP contribution is 2.44. The number of halogens is 3. The van der Waals surface area contributed by atoms with Crippen LogP contribution < -0.4 is 15.4 Å². The van der Waals surface area contributed by atoms with Crippen LogP contribution in [0.1, 0.15) is 22.0 Å². The van der Waals surface area contributed by atoms with Crippen molar-refractivity contribution in [1.29, 1.82) is 0 Å². The van der Waals surface area contributed by atoms with Gasteiger partial charge in [-0.15, -0.1) is 0 Å². The van der Waals surface area contributed by atoms with E-state index in [1.165, 1.54) is 48.8 Å². The van der Waals surface area contributed by atoms with Crippen LogP contribution in [0.3, 0.4) is 0 Å². The predicted octanol–water partition coefficient (Wildman–Crippen LogP) is 2.50. The second-order valence-electron chi connectivity index (χ2n) is 6.48. The van der Waals surface area contributed by atoms with Crippen molar-refractivity contribution in [2.24, 2.45) is 5.92 Å². The lowest BCUT2D eigenvalue weighted by molar-refractivity contribution is -0.287. The van der Waals surface area contributed by atoms with Crippen molar-refractivity contribution < 1.29 is 37.7 Å². The number of benzene rings is 2. The van der Waals surface area contributed by atoms with Gasteiger partial charge in [0, 0.05) is 5.56 Å². The Hall–Kier alpha value is -3.27. The van der Waals surface area contributed by atoms with Gasteiger partial charge in [-0.2, -0.15) is 13.2 Å². The van der Waals surface area contributed by atoms with E-state index in [2.05, 4.69) is 5.32 Å². The van der Waals surface area contributed by atoms with Crippen LogP contribution in [0.5, 0.6) is 11.5 Å². The topological polar surface area (TPSA) is 108 Å². The number of hydrogen-bond acceptors (Lipinski definition) is 5. The average molecular weight is 410 g/mol. The summed E-state index contributed by atoms with van der Waals surface area (Å²) in [6.45, 7) is 0. The molecule has 10 heteroatoms. The first-order valence-corrected chi connectivity index (χ1v) is 8.42. The van der Waals surface area contributed by atoms with Gasteiger partial charge in [0.05, 0.1) is 13.2 Å². The number of Topliss-reactive ketones (excluding diaryl/α,β-unsaturated/α-hetero) is 1. The first kappa shape index (κ1) is 20.5. The molecule has 0 bridgehead atoms. The molecule has 154 valence electrons. The summed E-state index contributed by atoms with van der Waals surface area (Å²) in [5.41, 5.74) is -3.86. The lowest BCUT2D eigenvalue weighted by Crippen LogP contribution is -2.72. The molecule has 0 unspecified atom stereocenters. The Balaban J connectivity index is 2.18. The van der Waals surface area contributed by atoms with E-state index < -0.39 is 35.7 Å². The number of hydrogen-bond donors (Lipinski definition) is 4. The number of carbonyl (C=O) groups is 2. The highest BCUT2D eigenvalue weighted by molar-refractivity contribution is 6.00. The van der Waals surface area contributed by atoms with Crippen molar-refractivity contribution in [3.63, 3.8) is 0 Å². The van der Waals surface area contributed by atoms with Gasteiger partial charge in [0.25, 0.3) is 0 Å². The van der Waals surface area contributed by atoms with Gasteiger partial charge in [-0.3, -0.25) is 4.79 Å². The maximum atomic E-state index is 13.8. The summed E-state index contributed by atoms with van der Waals surface area (Å²) in [5.74, 6) is -3.54. The van der Waals surface area contributed by atoms with Gasteiger partial charge in [-0.1, -0.05) is 36.4 Å². The fourth-order valence-electron chi connectivity index (χ4n) is 3.29. The summed E-state index contributed by atoms with van der Waals surface area (Å²) in [6, 6.07) is 7.84. The average Bonchev–Trinajstić information content (AvgIpc) is 2.67. The van der Waals surface area contributed by atoms with E-state index in [4.69, 9.17) is 4.74 Å². The number of amides is 2. The smallest absolute Gasteiger partial charge is 0.437 e. The molecule has 2 amide bonds. The lowest BCUT2D eigenvalue weighted by Gasteiger charge is -2.45. The predicted molar refractivity (Wildman–Crippen MR) is 94.3 cm³/mol. The largest absolute Gasteiger partial charge is 0.504 e. The molecule has 0 aromatic heterocycles. The SMILES string of the molecule is COc1cc([C@@H]2NC(=O)N[C@@](O)(C(F)(F)F)[C@@H]2C(=O)c2ccccc2)ccc1O. The third-order valence-electron chi connectivity index (χ3n) is 4.71. The molecule has 0 radical (unpaired) electrons. The zero-order chi connectivity index (χ0) is 21.4. The van der Waals surface area contributed by atoms with Crippen LogP contribution in [0.2, 0.25) is 0 Å². The number of ether oxygens (including phenoxy) is 1. The monoisotopic (exact) mass is 410 g/mol. The number of phenolic OH excluding ortho intramolecular Hbond substituents is 1. The third kappa shape index (κ3) is 3.58. The summed E-state index contributed by atoms with van der Waals surface area (Å²) < 4.78 is 46.4. The van der Waals surface area contributed by atoms with Gasteiger partial charge in [0.2, 0.25) is 5.72 Å². The first-order chi connectivity index (χ1) is 13.6. The van der Waals surface area contributed by atoms with Crippen molar-refractivity contribution in [2.75, 3.05) is 7.11 Å². The van der Waals surface area contributed by atoms with Gasteiger partial charge in [0.1, 0.15) is 5.92 Å². The number of urea groups is 1. The maximum Gasteiger partial charge on any atom is 0.437 e. The summed E-state index contributed by atoms with van der Waals surface area (Å²) in [6.07, 6.45) is -5.35. The lowest BCUT2D eigenvalue weighted by atomic mass is 9.77. The molecule has 3 atom stereocenters. The quantitative estimate of drug-likeness (QED) is 0.580. The van der Waals surface area contributed by atoms with Gasteiger partial charge >= 0.3 is 12.2 Å². The number of carbonyl (C=O) groups excluding carboxylic acids is 2. The fraction of sp³-hybridized carbons (Fsp3) is 0.263. The number of phenols is 1. The molecule has 0 spiro atoms. The van der Waals surface area contributed by atoms with E-state index in [-0.39, 0.29) is 22.6 Å². The highest BCUT2D eigenvalue weighted by Gasteiger charge is 2.66. The van der Waals surface area contributed by atoms with Crippen molar-refractivity contribution in [1.82, 2.24) is 10.6 Å². The van der Waals surface area contributed by atoms with E-state index in [1.807, 2.05) is 0 Å². The second kappa shape index (κ2) is 7.28. The van der Waals surface area contributed by atoms with Crippen molar-refractivity contribution in [3.8, 4) is 11.5 Å². The summed E-state index contributed by atoms with van der Waals surface area (Å²) in [7, 11) is 1.23. The number of ketones is 1. The normalized spacial score (nSPS) is 24.4. The van der Waals surface area contributed by atoms with Crippen molar-refractivity contribution in [2.45, 2.75) is 17.9 Å². The van der Waals surface area contributed by atoms with Gasteiger partial charge < -0.3 is 25.6 Å². The van der Waals surface area contributed by atoms with Gasteiger partial charge in [-0.05, 0) is 17.7 Å². The Morgan fingerprint density at radius 3 is 2.41 bits per heavy atom. The maximum absolute atomic E-state index is 13.8. The van der Waals surface area contributed by atoms with Crippen LogP contribution >= 0.6 is 0 Å². The van der Waals surface area contributed by atoms with Crippen molar-refractivity contribution >= 4 is 11.8 Å². The molecular weight excluding hydrogens is 393 g/mol. The molecule has 1 aliphatic rings. The Labute approximate surface area is 163 Å².